The molecular weight excluding hydrogens is 341 g/mol. The summed E-state index contributed by atoms with van der Waals surface area (Å²) in [4.78, 5) is 12.6. The summed E-state index contributed by atoms with van der Waals surface area (Å²) in [7, 11) is 0. The van der Waals surface area contributed by atoms with Crippen molar-refractivity contribution in [1.82, 2.24) is 5.32 Å². The SMILES string of the molecule is O=C(Cc1cccc(F)c1)N[C@@H](c1ccccc1)c1cc2ccccc2o1. The molecule has 4 heteroatoms. The minimum atomic E-state index is -0.417. The Bertz CT molecular complexity index is 1040. The molecule has 0 spiro atoms. The van der Waals surface area contributed by atoms with E-state index in [-0.39, 0.29) is 18.1 Å². The third-order valence-corrected chi connectivity index (χ3v) is 4.42. The fraction of sp³-hybridized carbons (Fsp3) is 0.0870. The second kappa shape index (κ2) is 7.46. The molecule has 4 aromatic rings. The van der Waals surface area contributed by atoms with Crippen LogP contribution in [0.1, 0.15) is 22.9 Å². The van der Waals surface area contributed by atoms with Crippen LogP contribution in [0, 0.1) is 5.82 Å². The highest BCUT2D eigenvalue weighted by Gasteiger charge is 2.21. The Balaban J connectivity index is 1.63. The molecule has 0 aliphatic carbocycles. The van der Waals surface area contributed by atoms with Gasteiger partial charge in [-0.2, -0.15) is 0 Å². The lowest BCUT2D eigenvalue weighted by molar-refractivity contribution is -0.121. The first-order valence-corrected chi connectivity index (χ1v) is 8.76. The zero-order valence-corrected chi connectivity index (χ0v) is 14.6. The van der Waals surface area contributed by atoms with Gasteiger partial charge in [-0.15, -0.1) is 0 Å². The molecule has 0 saturated carbocycles. The van der Waals surface area contributed by atoms with Gasteiger partial charge in [0.2, 0.25) is 5.91 Å². The number of halogens is 1. The molecule has 1 aromatic heterocycles. The zero-order valence-electron chi connectivity index (χ0n) is 14.6. The largest absolute Gasteiger partial charge is 0.459 e. The van der Waals surface area contributed by atoms with Crippen LogP contribution in [0.3, 0.4) is 0 Å². The molecule has 0 fully saturated rings. The van der Waals surface area contributed by atoms with Gasteiger partial charge >= 0.3 is 0 Å². The maximum Gasteiger partial charge on any atom is 0.225 e. The number of amides is 1. The van der Waals surface area contributed by atoms with Gasteiger partial charge in [-0.3, -0.25) is 4.79 Å². The van der Waals surface area contributed by atoms with Crippen LogP contribution in [-0.2, 0) is 11.2 Å². The average molecular weight is 359 g/mol. The van der Waals surface area contributed by atoms with E-state index in [0.29, 0.717) is 11.3 Å². The van der Waals surface area contributed by atoms with Crippen molar-refractivity contribution in [1.29, 1.82) is 0 Å². The van der Waals surface area contributed by atoms with E-state index in [0.717, 1.165) is 16.5 Å². The fourth-order valence-electron chi connectivity index (χ4n) is 3.15. The summed E-state index contributed by atoms with van der Waals surface area (Å²) in [5, 5.41) is 4.00. The Morgan fingerprint density at radius 3 is 2.48 bits per heavy atom. The maximum absolute atomic E-state index is 13.4. The molecule has 1 heterocycles. The molecule has 1 amide bonds. The first-order valence-electron chi connectivity index (χ1n) is 8.76. The van der Waals surface area contributed by atoms with Gasteiger partial charge in [-0.05, 0) is 35.4 Å². The maximum atomic E-state index is 13.4. The van der Waals surface area contributed by atoms with E-state index in [1.54, 1.807) is 12.1 Å². The van der Waals surface area contributed by atoms with Gasteiger partial charge in [0.1, 0.15) is 23.2 Å². The van der Waals surface area contributed by atoms with Crippen molar-refractivity contribution < 1.29 is 13.6 Å². The number of para-hydroxylation sites is 1. The summed E-state index contributed by atoms with van der Waals surface area (Å²) in [5.74, 6) is 0.113. The molecule has 0 aliphatic heterocycles. The Labute approximate surface area is 156 Å². The highest BCUT2D eigenvalue weighted by Crippen LogP contribution is 2.28. The third kappa shape index (κ3) is 3.90. The summed E-state index contributed by atoms with van der Waals surface area (Å²) in [6.45, 7) is 0. The van der Waals surface area contributed by atoms with Crippen LogP contribution < -0.4 is 5.32 Å². The van der Waals surface area contributed by atoms with Crippen LogP contribution in [0.2, 0.25) is 0 Å². The van der Waals surface area contributed by atoms with Crippen LogP contribution in [0.15, 0.2) is 89.3 Å². The minimum absolute atomic E-state index is 0.0985. The summed E-state index contributed by atoms with van der Waals surface area (Å²) in [6, 6.07) is 25.0. The number of fused-ring (bicyclic) bond motifs is 1. The van der Waals surface area contributed by atoms with Crippen LogP contribution in [0.5, 0.6) is 0 Å². The Hall–Kier alpha value is -3.40. The second-order valence-corrected chi connectivity index (χ2v) is 6.40. The van der Waals surface area contributed by atoms with Crippen LogP contribution in [0.25, 0.3) is 11.0 Å². The van der Waals surface area contributed by atoms with Gasteiger partial charge < -0.3 is 9.73 Å². The lowest BCUT2D eigenvalue weighted by Crippen LogP contribution is -2.30. The van der Waals surface area contributed by atoms with Gasteiger partial charge in [-0.1, -0.05) is 60.7 Å². The first kappa shape index (κ1) is 17.0. The van der Waals surface area contributed by atoms with Gasteiger partial charge in [0.05, 0.1) is 6.42 Å². The Kier molecular flexibility index (Phi) is 4.71. The molecule has 3 nitrogen and oxygen atoms in total. The van der Waals surface area contributed by atoms with E-state index in [1.165, 1.54) is 12.1 Å². The molecule has 134 valence electrons. The lowest BCUT2D eigenvalue weighted by atomic mass is 10.0. The van der Waals surface area contributed by atoms with Crippen LogP contribution >= 0.6 is 0 Å². The topological polar surface area (TPSA) is 42.2 Å². The fourth-order valence-corrected chi connectivity index (χ4v) is 3.15. The van der Waals surface area contributed by atoms with E-state index in [1.807, 2.05) is 60.7 Å². The number of furan rings is 1. The highest BCUT2D eigenvalue weighted by atomic mass is 19.1. The van der Waals surface area contributed by atoms with Gasteiger partial charge in [0.25, 0.3) is 0 Å². The lowest BCUT2D eigenvalue weighted by Gasteiger charge is -2.17. The third-order valence-electron chi connectivity index (χ3n) is 4.42. The zero-order chi connectivity index (χ0) is 18.6. The van der Waals surface area contributed by atoms with Crippen molar-refractivity contribution in [3.8, 4) is 0 Å². The second-order valence-electron chi connectivity index (χ2n) is 6.40. The molecule has 0 aliphatic rings. The smallest absolute Gasteiger partial charge is 0.225 e. The van der Waals surface area contributed by atoms with Crippen molar-refractivity contribution in [2.75, 3.05) is 0 Å². The number of rotatable bonds is 5. The van der Waals surface area contributed by atoms with E-state index >= 15 is 0 Å². The van der Waals surface area contributed by atoms with Crippen molar-refractivity contribution in [2.45, 2.75) is 12.5 Å². The summed E-state index contributed by atoms with van der Waals surface area (Å²) in [5.41, 5.74) is 2.32. The summed E-state index contributed by atoms with van der Waals surface area (Å²) >= 11 is 0. The summed E-state index contributed by atoms with van der Waals surface area (Å²) in [6.07, 6.45) is 0.0985. The van der Waals surface area contributed by atoms with E-state index in [2.05, 4.69) is 5.32 Å². The first-order chi connectivity index (χ1) is 13.2. The molecule has 0 bridgehead atoms. The van der Waals surface area contributed by atoms with Gasteiger partial charge in [-0.25, -0.2) is 4.39 Å². The van der Waals surface area contributed by atoms with Gasteiger partial charge in [0.15, 0.2) is 0 Å². The molecule has 0 unspecified atom stereocenters. The summed E-state index contributed by atoms with van der Waals surface area (Å²) < 4.78 is 19.4. The highest BCUT2D eigenvalue weighted by molar-refractivity contribution is 5.81. The normalized spacial score (nSPS) is 12.0. The number of benzene rings is 3. The van der Waals surface area contributed by atoms with E-state index in [4.69, 9.17) is 4.42 Å². The molecule has 4 rings (SSSR count). The Morgan fingerprint density at radius 1 is 0.926 bits per heavy atom. The van der Waals surface area contributed by atoms with Crippen molar-refractivity contribution in [3.05, 3.63) is 108 Å². The molecule has 27 heavy (non-hydrogen) atoms. The number of carbonyl (C=O) groups is 1. The number of hydrogen-bond acceptors (Lipinski definition) is 2. The number of carbonyl (C=O) groups excluding carboxylic acids is 1. The average Bonchev–Trinajstić information content (AvgIpc) is 3.10. The van der Waals surface area contributed by atoms with E-state index < -0.39 is 6.04 Å². The standard InChI is InChI=1S/C23H18FNO2/c24-19-11-6-7-16(13-19)14-22(26)25-23(17-8-2-1-3-9-17)21-15-18-10-4-5-12-20(18)27-21/h1-13,15,23H,14H2,(H,25,26)/t23-/m0/s1. The quantitative estimate of drug-likeness (QED) is 0.544. The molecule has 0 radical (unpaired) electrons. The predicted molar refractivity (Wildman–Crippen MR) is 103 cm³/mol. The number of hydrogen-bond donors (Lipinski definition) is 1. The Morgan fingerprint density at radius 2 is 1.70 bits per heavy atom. The molecule has 0 saturated heterocycles. The molecule has 3 aromatic carbocycles. The van der Waals surface area contributed by atoms with Crippen molar-refractivity contribution >= 4 is 16.9 Å². The molecule has 1 atom stereocenters. The number of nitrogens with one attached hydrogen (secondary N) is 1. The monoisotopic (exact) mass is 359 g/mol. The van der Waals surface area contributed by atoms with Crippen molar-refractivity contribution in [2.24, 2.45) is 0 Å². The molecule has 1 N–H and O–H groups in total. The van der Waals surface area contributed by atoms with Crippen LogP contribution in [-0.4, -0.2) is 5.91 Å². The predicted octanol–water partition coefficient (Wildman–Crippen LogP) is 5.02. The van der Waals surface area contributed by atoms with Crippen molar-refractivity contribution in [3.63, 3.8) is 0 Å². The van der Waals surface area contributed by atoms with Gasteiger partial charge in [0, 0.05) is 5.39 Å². The minimum Gasteiger partial charge on any atom is -0.459 e. The molecular formula is C23H18FNO2. The van der Waals surface area contributed by atoms with E-state index in [9.17, 15) is 9.18 Å². The van der Waals surface area contributed by atoms with Crippen LogP contribution in [0.4, 0.5) is 4.39 Å².